The van der Waals surface area contributed by atoms with Crippen LogP contribution in [0.4, 0.5) is 5.95 Å². The van der Waals surface area contributed by atoms with Gasteiger partial charge in [-0.1, -0.05) is 24.6 Å². The maximum absolute atomic E-state index is 13.7. The van der Waals surface area contributed by atoms with E-state index in [2.05, 4.69) is 66.0 Å². The van der Waals surface area contributed by atoms with E-state index in [1.807, 2.05) is 32.3 Å². The van der Waals surface area contributed by atoms with Gasteiger partial charge in [-0.2, -0.15) is 0 Å². The summed E-state index contributed by atoms with van der Waals surface area (Å²) in [6, 6.07) is 14.8. The van der Waals surface area contributed by atoms with Crippen molar-refractivity contribution in [2.45, 2.75) is 71.8 Å². The van der Waals surface area contributed by atoms with Gasteiger partial charge >= 0.3 is 0 Å². The largest absolute Gasteiger partial charge is 0.492 e. The van der Waals surface area contributed by atoms with Crippen molar-refractivity contribution in [2.75, 3.05) is 50.8 Å². The SMILES string of the molecule is Cc1cc(C)nc(N2CCC(C(=O)N3CCC4(CCCCc5ccccc5OCCN(Cc5ccncc5)C4)CC3)CC2)n1. The first-order valence-corrected chi connectivity index (χ1v) is 16.6. The highest BCUT2D eigenvalue weighted by molar-refractivity contribution is 5.79. The molecule has 0 radical (unpaired) electrons. The van der Waals surface area contributed by atoms with Gasteiger partial charge in [0.25, 0.3) is 0 Å². The first-order valence-electron chi connectivity index (χ1n) is 16.6. The maximum atomic E-state index is 13.7. The van der Waals surface area contributed by atoms with Crippen LogP contribution in [0.5, 0.6) is 5.75 Å². The molecule has 0 N–H and O–H groups in total. The number of aryl methyl sites for hydroxylation is 3. The molecule has 44 heavy (non-hydrogen) atoms. The number of para-hydroxylation sites is 1. The van der Waals surface area contributed by atoms with Crippen LogP contribution in [0.2, 0.25) is 0 Å². The molecule has 6 rings (SSSR count). The summed E-state index contributed by atoms with van der Waals surface area (Å²) in [6.45, 7) is 10.9. The highest BCUT2D eigenvalue weighted by Gasteiger charge is 2.39. The Kier molecular flexibility index (Phi) is 9.75. The fourth-order valence-corrected chi connectivity index (χ4v) is 7.51. The molecule has 8 heteroatoms. The molecule has 5 heterocycles. The summed E-state index contributed by atoms with van der Waals surface area (Å²) in [5.41, 5.74) is 4.81. The minimum Gasteiger partial charge on any atom is -0.492 e. The van der Waals surface area contributed by atoms with Gasteiger partial charge in [0.1, 0.15) is 12.4 Å². The number of pyridine rings is 1. The first kappa shape index (κ1) is 30.5. The Hall–Kier alpha value is -3.52. The number of likely N-dealkylation sites (tertiary alicyclic amines) is 1. The monoisotopic (exact) mass is 596 g/mol. The Labute approximate surface area is 262 Å². The fourth-order valence-electron chi connectivity index (χ4n) is 7.51. The normalized spacial score (nSPS) is 20.3. The minimum absolute atomic E-state index is 0.0999. The quantitative estimate of drug-likeness (QED) is 0.387. The number of piperidine rings is 2. The Bertz CT molecular complexity index is 1360. The molecule has 0 unspecified atom stereocenters. The van der Waals surface area contributed by atoms with E-state index < -0.39 is 0 Å². The number of anilines is 1. The van der Waals surface area contributed by atoms with E-state index in [0.29, 0.717) is 12.5 Å². The molecule has 3 aliphatic heterocycles. The average molecular weight is 597 g/mol. The molecule has 8 nitrogen and oxygen atoms in total. The number of hydrogen-bond acceptors (Lipinski definition) is 7. The number of nitrogens with zero attached hydrogens (tertiary/aromatic N) is 6. The second-order valence-corrected chi connectivity index (χ2v) is 13.3. The zero-order chi connectivity index (χ0) is 30.4. The summed E-state index contributed by atoms with van der Waals surface area (Å²) in [5, 5.41) is 0. The van der Waals surface area contributed by atoms with E-state index in [4.69, 9.17) is 4.74 Å². The topological polar surface area (TPSA) is 74.7 Å². The number of aromatic nitrogens is 3. The van der Waals surface area contributed by atoms with Crippen molar-refractivity contribution < 1.29 is 9.53 Å². The van der Waals surface area contributed by atoms with Gasteiger partial charge in [0, 0.05) is 75.5 Å². The van der Waals surface area contributed by atoms with Crippen LogP contribution in [-0.2, 0) is 17.8 Å². The van der Waals surface area contributed by atoms with Gasteiger partial charge in [-0.05, 0) is 99.6 Å². The van der Waals surface area contributed by atoms with Crippen LogP contribution in [0.3, 0.4) is 0 Å². The zero-order valence-electron chi connectivity index (χ0n) is 26.6. The van der Waals surface area contributed by atoms with Gasteiger partial charge in [0.2, 0.25) is 11.9 Å². The number of ether oxygens (including phenoxy) is 1. The van der Waals surface area contributed by atoms with Gasteiger partial charge in [-0.25, -0.2) is 9.97 Å². The molecule has 2 aromatic heterocycles. The Morgan fingerprint density at radius 1 is 0.909 bits per heavy atom. The lowest BCUT2D eigenvalue weighted by Gasteiger charge is -2.46. The third-order valence-electron chi connectivity index (χ3n) is 9.99. The van der Waals surface area contributed by atoms with Crippen LogP contribution < -0.4 is 9.64 Å². The molecule has 2 fully saturated rings. The fraction of sp³-hybridized carbons (Fsp3) is 0.556. The molecular formula is C36H48N6O2. The van der Waals surface area contributed by atoms with E-state index in [1.165, 1.54) is 24.0 Å². The van der Waals surface area contributed by atoms with Crippen LogP contribution >= 0.6 is 0 Å². The van der Waals surface area contributed by atoms with E-state index in [0.717, 1.165) is 107 Å². The first-order chi connectivity index (χ1) is 21.5. The van der Waals surface area contributed by atoms with Crippen molar-refractivity contribution in [3.05, 3.63) is 77.4 Å². The number of rotatable bonds is 4. The Morgan fingerprint density at radius 3 is 2.39 bits per heavy atom. The van der Waals surface area contributed by atoms with Crippen LogP contribution in [-0.4, -0.2) is 76.5 Å². The highest BCUT2D eigenvalue weighted by atomic mass is 16.5. The number of carbonyl (C=O) groups is 1. The molecule has 1 amide bonds. The van der Waals surface area contributed by atoms with Crippen LogP contribution in [0, 0.1) is 25.2 Å². The van der Waals surface area contributed by atoms with Gasteiger partial charge in [-0.15, -0.1) is 0 Å². The average Bonchev–Trinajstić information content (AvgIpc) is 3.03. The van der Waals surface area contributed by atoms with Gasteiger partial charge in [0.05, 0.1) is 0 Å². The predicted octanol–water partition coefficient (Wildman–Crippen LogP) is 5.62. The lowest BCUT2D eigenvalue weighted by Crippen LogP contribution is -2.50. The summed E-state index contributed by atoms with van der Waals surface area (Å²) in [4.78, 5) is 34.3. The maximum Gasteiger partial charge on any atom is 0.225 e. The second kappa shape index (κ2) is 14.1. The van der Waals surface area contributed by atoms with E-state index in [1.54, 1.807) is 0 Å². The molecule has 0 aliphatic carbocycles. The number of fused-ring (bicyclic) bond motifs is 1. The second-order valence-electron chi connectivity index (χ2n) is 13.3. The number of amides is 1. The van der Waals surface area contributed by atoms with E-state index >= 15 is 0 Å². The van der Waals surface area contributed by atoms with E-state index in [9.17, 15) is 4.79 Å². The third kappa shape index (κ3) is 7.57. The summed E-state index contributed by atoms with van der Waals surface area (Å²) < 4.78 is 6.35. The minimum atomic E-state index is 0.0999. The molecule has 3 aromatic rings. The summed E-state index contributed by atoms with van der Waals surface area (Å²) in [7, 11) is 0. The van der Waals surface area contributed by atoms with Crippen molar-refractivity contribution in [3.63, 3.8) is 0 Å². The lowest BCUT2D eigenvalue weighted by atomic mass is 9.73. The van der Waals surface area contributed by atoms with Crippen molar-refractivity contribution in [1.29, 1.82) is 0 Å². The Morgan fingerprint density at radius 2 is 1.64 bits per heavy atom. The summed E-state index contributed by atoms with van der Waals surface area (Å²) >= 11 is 0. The van der Waals surface area contributed by atoms with Gasteiger partial charge < -0.3 is 14.5 Å². The van der Waals surface area contributed by atoms with Crippen LogP contribution in [0.1, 0.15) is 67.5 Å². The molecular weight excluding hydrogens is 548 g/mol. The lowest BCUT2D eigenvalue weighted by molar-refractivity contribution is -0.139. The van der Waals surface area contributed by atoms with Crippen molar-refractivity contribution in [2.24, 2.45) is 11.3 Å². The molecule has 1 aromatic carbocycles. The van der Waals surface area contributed by atoms with E-state index in [-0.39, 0.29) is 11.3 Å². The molecule has 0 saturated carbocycles. The summed E-state index contributed by atoms with van der Waals surface area (Å²) in [6.07, 6.45) is 12.3. The molecule has 3 aliphatic rings. The molecule has 2 saturated heterocycles. The molecule has 0 bridgehead atoms. The van der Waals surface area contributed by atoms with Gasteiger partial charge in [-0.3, -0.25) is 14.7 Å². The predicted molar refractivity (Wildman–Crippen MR) is 174 cm³/mol. The van der Waals surface area contributed by atoms with Gasteiger partial charge in [0.15, 0.2) is 0 Å². The van der Waals surface area contributed by atoms with Crippen molar-refractivity contribution >= 4 is 11.9 Å². The highest BCUT2D eigenvalue weighted by Crippen LogP contribution is 2.39. The third-order valence-corrected chi connectivity index (χ3v) is 9.99. The molecule has 0 atom stereocenters. The molecule has 1 spiro atoms. The number of hydrogen-bond donors (Lipinski definition) is 0. The summed E-state index contributed by atoms with van der Waals surface area (Å²) in [5.74, 6) is 2.29. The number of benzene rings is 1. The Balaban J connectivity index is 1.10. The smallest absolute Gasteiger partial charge is 0.225 e. The standard InChI is InChI=1S/C36H48N6O2/c1-28-25-29(2)39-35(38-28)42-19-12-32(13-20-42)34(43)41-21-15-36(16-22-41)14-6-5-8-31-7-3-4-9-33(31)44-24-23-40(27-36)26-30-10-17-37-18-11-30/h3-4,7,9-11,17-18,25,32H,5-6,8,12-16,19-24,26-27H2,1-2H3. The van der Waals surface area contributed by atoms with Crippen LogP contribution in [0.25, 0.3) is 0 Å². The van der Waals surface area contributed by atoms with Crippen LogP contribution in [0.15, 0.2) is 54.9 Å². The zero-order valence-corrected chi connectivity index (χ0v) is 26.6. The van der Waals surface area contributed by atoms with Crippen molar-refractivity contribution in [1.82, 2.24) is 24.8 Å². The number of carbonyl (C=O) groups excluding carboxylic acids is 1. The van der Waals surface area contributed by atoms with Crippen molar-refractivity contribution in [3.8, 4) is 5.75 Å². The molecule has 234 valence electrons.